The molecular formula is C17H30N2O2. The Bertz CT molecular complexity index is 355. The normalized spacial score (nSPS) is 37.1. The summed E-state index contributed by atoms with van der Waals surface area (Å²) in [5, 5.41) is 13.0. The molecule has 1 N–H and O–H groups in total. The largest absolute Gasteiger partial charge is 0.381 e. The van der Waals surface area contributed by atoms with Crippen molar-refractivity contribution in [1.29, 1.82) is 5.26 Å². The smallest absolute Gasteiger partial charge is 0.109 e. The van der Waals surface area contributed by atoms with Crippen molar-refractivity contribution >= 4 is 0 Å². The Kier molecular flexibility index (Phi) is 6.47. The lowest BCUT2D eigenvalue weighted by Gasteiger charge is -2.39. The van der Waals surface area contributed by atoms with Crippen LogP contribution in [0, 0.1) is 11.3 Å². The van der Waals surface area contributed by atoms with Crippen LogP contribution < -0.4 is 5.32 Å². The highest BCUT2D eigenvalue weighted by Gasteiger charge is 2.37. The Morgan fingerprint density at radius 2 is 1.95 bits per heavy atom. The molecule has 4 heteroatoms. The van der Waals surface area contributed by atoms with Gasteiger partial charge in [-0.3, -0.25) is 5.32 Å². The van der Waals surface area contributed by atoms with Crippen molar-refractivity contribution in [2.24, 2.45) is 0 Å². The highest BCUT2D eigenvalue weighted by atomic mass is 16.5. The maximum absolute atomic E-state index is 9.58. The number of rotatable bonds is 6. The fraction of sp³-hybridized carbons (Fsp3) is 0.941. The van der Waals surface area contributed by atoms with E-state index in [1.165, 1.54) is 6.42 Å². The number of hydrogen-bond acceptors (Lipinski definition) is 4. The molecule has 4 nitrogen and oxygen atoms in total. The van der Waals surface area contributed by atoms with Crippen LogP contribution in [0.2, 0.25) is 0 Å². The third-order valence-corrected chi connectivity index (χ3v) is 4.93. The Hall–Kier alpha value is -0.630. The van der Waals surface area contributed by atoms with E-state index in [2.05, 4.69) is 18.3 Å². The molecule has 0 spiro atoms. The minimum atomic E-state index is -0.367. The summed E-state index contributed by atoms with van der Waals surface area (Å²) < 4.78 is 11.8. The van der Waals surface area contributed by atoms with Gasteiger partial charge in [0, 0.05) is 13.5 Å². The third kappa shape index (κ3) is 4.67. The summed E-state index contributed by atoms with van der Waals surface area (Å²) in [4.78, 5) is 0. The summed E-state index contributed by atoms with van der Waals surface area (Å²) in [5.41, 5.74) is -0.367. The molecule has 2 aliphatic carbocycles. The van der Waals surface area contributed by atoms with Crippen molar-refractivity contribution < 1.29 is 9.47 Å². The van der Waals surface area contributed by atoms with Gasteiger partial charge in [-0.05, 0) is 57.9 Å². The highest BCUT2D eigenvalue weighted by Crippen LogP contribution is 2.33. The van der Waals surface area contributed by atoms with E-state index in [0.29, 0.717) is 12.2 Å². The molecule has 4 unspecified atom stereocenters. The predicted molar refractivity (Wildman–Crippen MR) is 83.0 cm³/mol. The van der Waals surface area contributed by atoms with E-state index in [1.807, 2.05) is 0 Å². The van der Waals surface area contributed by atoms with Crippen LogP contribution in [0.15, 0.2) is 0 Å². The van der Waals surface area contributed by atoms with E-state index in [-0.39, 0.29) is 11.6 Å². The van der Waals surface area contributed by atoms with Crippen molar-refractivity contribution in [1.82, 2.24) is 5.32 Å². The van der Waals surface area contributed by atoms with Gasteiger partial charge in [0.05, 0.1) is 24.4 Å². The van der Waals surface area contributed by atoms with E-state index in [0.717, 1.165) is 57.9 Å². The van der Waals surface area contributed by atoms with Crippen LogP contribution >= 0.6 is 0 Å². The average molecular weight is 294 g/mol. The van der Waals surface area contributed by atoms with Crippen LogP contribution in [0.5, 0.6) is 0 Å². The van der Waals surface area contributed by atoms with Crippen molar-refractivity contribution in [3.05, 3.63) is 0 Å². The molecule has 0 radical (unpaired) electrons. The van der Waals surface area contributed by atoms with E-state index in [1.54, 1.807) is 7.11 Å². The summed E-state index contributed by atoms with van der Waals surface area (Å²) in [6.07, 6.45) is 10.4. The molecule has 2 saturated carbocycles. The predicted octanol–water partition coefficient (Wildman–Crippen LogP) is 3.17. The Balaban J connectivity index is 1.87. The molecule has 0 heterocycles. The van der Waals surface area contributed by atoms with E-state index >= 15 is 0 Å². The van der Waals surface area contributed by atoms with Gasteiger partial charge in [-0.2, -0.15) is 5.26 Å². The van der Waals surface area contributed by atoms with Gasteiger partial charge >= 0.3 is 0 Å². The zero-order valence-corrected chi connectivity index (χ0v) is 13.6. The first-order valence-corrected chi connectivity index (χ1v) is 8.56. The lowest BCUT2D eigenvalue weighted by molar-refractivity contribution is -0.0822. The summed E-state index contributed by atoms with van der Waals surface area (Å²) in [7, 11) is 1.79. The Labute approximate surface area is 129 Å². The Morgan fingerprint density at radius 1 is 1.19 bits per heavy atom. The number of hydrogen-bond donors (Lipinski definition) is 1. The summed E-state index contributed by atoms with van der Waals surface area (Å²) in [6, 6.07) is 2.52. The molecule has 120 valence electrons. The molecule has 2 rings (SSSR count). The molecule has 0 aromatic carbocycles. The van der Waals surface area contributed by atoms with Gasteiger partial charge in [-0.1, -0.05) is 6.92 Å². The second-order valence-electron chi connectivity index (χ2n) is 6.62. The summed E-state index contributed by atoms with van der Waals surface area (Å²) in [5.74, 6) is 0. The topological polar surface area (TPSA) is 54.3 Å². The molecule has 0 aromatic heterocycles. The van der Waals surface area contributed by atoms with E-state index in [9.17, 15) is 5.26 Å². The molecule has 4 atom stereocenters. The minimum absolute atomic E-state index is 0.225. The van der Waals surface area contributed by atoms with Crippen LogP contribution in [-0.2, 0) is 9.47 Å². The fourth-order valence-electron chi connectivity index (χ4n) is 3.72. The van der Waals surface area contributed by atoms with Crippen LogP contribution in [-0.4, -0.2) is 37.5 Å². The molecule has 2 aliphatic rings. The van der Waals surface area contributed by atoms with Gasteiger partial charge in [0.2, 0.25) is 0 Å². The van der Waals surface area contributed by atoms with Crippen LogP contribution in [0.25, 0.3) is 0 Å². The monoisotopic (exact) mass is 294 g/mol. The lowest BCUT2D eigenvalue weighted by Crippen LogP contribution is -2.50. The van der Waals surface area contributed by atoms with Crippen LogP contribution in [0.4, 0.5) is 0 Å². The molecule has 2 fully saturated rings. The van der Waals surface area contributed by atoms with E-state index < -0.39 is 0 Å². The van der Waals surface area contributed by atoms with Gasteiger partial charge < -0.3 is 9.47 Å². The lowest BCUT2D eigenvalue weighted by atomic mass is 9.80. The third-order valence-electron chi connectivity index (χ3n) is 4.93. The number of methoxy groups -OCH3 is 1. The van der Waals surface area contributed by atoms with E-state index in [4.69, 9.17) is 9.47 Å². The van der Waals surface area contributed by atoms with Crippen molar-refractivity contribution in [3.63, 3.8) is 0 Å². The number of nitrogens with zero attached hydrogens (tertiary/aromatic N) is 1. The zero-order valence-electron chi connectivity index (χ0n) is 13.6. The van der Waals surface area contributed by atoms with Crippen LogP contribution in [0.1, 0.15) is 64.7 Å². The van der Waals surface area contributed by atoms with Gasteiger partial charge in [0.15, 0.2) is 0 Å². The molecule has 0 saturated heterocycles. The van der Waals surface area contributed by atoms with Gasteiger partial charge in [-0.15, -0.1) is 0 Å². The Morgan fingerprint density at radius 3 is 2.67 bits per heavy atom. The first-order chi connectivity index (χ1) is 10.2. The van der Waals surface area contributed by atoms with Crippen molar-refractivity contribution in [2.75, 3.05) is 13.7 Å². The molecule has 0 amide bonds. The number of nitriles is 1. The summed E-state index contributed by atoms with van der Waals surface area (Å²) in [6.45, 7) is 3.05. The second kappa shape index (κ2) is 8.12. The SMILES string of the molecule is CCCNC1(C#N)CCCC(OC2CCCC(OC)C2)C1. The molecule has 0 aromatic rings. The summed E-state index contributed by atoms with van der Waals surface area (Å²) >= 11 is 0. The average Bonchev–Trinajstić information content (AvgIpc) is 2.53. The maximum atomic E-state index is 9.58. The van der Waals surface area contributed by atoms with Gasteiger partial charge in [0.1, 0.15) is 5.54 Å². The quantitative estimate of drug-likeness (QED) is 0.817. The highest BCUT2D eigenvalue weighted by molar-refractivity contribution is 5.10. The number of ether oxygens (including phenoxy) is 2. The van der Waals surface area contributed by atoms with Gasteiger partial charge in [0.25, 0.3) is 0 Å². The molecule has 0 aliphatic heterocycles. The van der Waals surface area contributed by atoms with Crippen molar-refractivity contribution in [2.45, 2.75) is 88.6 Å². The molecule has 21 heavy (non-hydrogen) atoms. The second-order valence-corrected chi connectivity index (χ2v) is 6.62. The standard InChI is InChI=1S/C17H30N2O2/c1-3-10-19-17(13-18)9-5-8-16(12-17)21-15-7-4-6-14(11-15)20-2/h14-16,19H,3-12H2,1-2H3. The number of nitrogens with one attached hydrogen (secondary N) is 1. The zero-order chi connectivity index (χ0) is 15.1. The minimum Gasteiger partial charge on any atom is -0.381 e. The first-order valence-electron chi connectivity index (χ1n) is 8.56. The maximum Gasteiger partial charge on any atom is 0.109 e. The first kappa shape index (κ1) is 16.7. The van der Waals surface area contributed by atoms with Crippen molar-refractivity contribution in [3.8, 4) is 6.07 Å². The van der Waals surface area contributed by atoms with Crippen LogP contribution in [0.3, 0.4) is 0 Å². The molecule has 0 bridgehead atoms. The van der Waals surface area contributed by atoms with Gasteiger partial charge in [-0.25, -0.2) is 0 Å². The molecular weight excluding hydrogens is 264 g/mol. The fourth-order valence-corrected chi connectivity index (χ4v) is 3.72.